The van der Waals surface area contributed by atoms with E-state index in [2.05, 4.69) is 5.32 Å². The molecule has 1 amide bonds. The molecule has 0 saturated carbocycles. The molecule has 0 aliphatic carbocycles. The second kappa shape index (κ2) is 11.3. The highest BCUT2D eigenvalue weighted by Crippen LogP contribution is 2.33. The first-order chi connectivity index (χ1) is 13.9. The van der Waals surface area contributed by atoms with Crippen molar-refractivity contribution in [2.45, 2.75) is 59.2 Å². The number of alkyl carbamates (subject to hydrolysis) is 1. The molecule has 30 heavy (non-hydrogen) atoms. The van der Waals surface area contributed by atoms with Gasteiger partial charge < -0.3 is 19.7 Å². The van der Waals surface area contributed by atoms with Crippen LogP contribution in [-0.4, -0.2) is 44.1 Å². The Hall–Kier alpha value is -2.19. The lowest BCUT2D eigenvalue weighted by molar-refractivity contribution is -0.153. The number of ether oxygens (including phenoxy) is 2. The van der Waals surface area contributed by atoms with Gasteiger partial charge in [0.2, 0.25) is 0 Å². The number of piperidine rings is 1. The predicted molar refractivity (Wildman–Crippen MR) is 108 cm³/mol. The number of nitrogens with one attached hydrogen (secondary N) is 1. The van der Waals surface area contributed by atoms with Crippen LogP contribution >= 0.6 is 0 Å². The SMILES string of the molecule is CC.CC(C)(C)OC(=O)NCC1CCN(c2ccc(F)cc2OCC(F)(F)F)CC1. The molecule has 0 radical (unpaired) electrons. The predicted octanol–water partition coefficient (Wildman–Crippen LogP) is 5.53. The van der Waals surface area contributed by atoms with Gasteiger partial charge in [0.1, 0.15) is 17.2 Å². The summed E-state index contributed by atoms with van der Waals surface area (Å²) in [5, 5.41) is 2.74. The third-order valence-corrected chi connectivity index (χ3v) is 4.20. The number of amides is 1. The Morgan fingerprint density at radius 1 is 1.17 bits per heavy atom. The number of carbonyl (C=O) groups excluding carboxylic acids is 1. The molecule has 1 aromatic carbocycles. The first kappa shape index (κ1) is 25.8. The second-order valence-electron chi connectivity index (χ2n) is 7.83. The van der Waals surface area contributed by atoms with E-state index in [9.17, 15) is 22.4 Å². The van der Waals surface area contributed by atoms with E-state index in [1.807, 2.05) is 18.7 Å². The number of benzene rings is 1. The topological polar surface area (TPSA) is 50.8 Å². The molecular formula is C21H32F4N2O3. The molecule has 0 bridgehead atoms. The number of hydrogen-bond donors (Lipinski definition) is 1. The van der Waals surface area contributed by atoms with Crippen LogP contribution < -0.4 is 15.0 Å². The van der Waals surface area contributed by atoms with E-state index in [4.69, 9.17) is 9.47 Å². The number of carbonyl (C=O) groups is 1. The van der Waals surface area contributed by atoms with E-state index in [-0.39, 0.29) is 11.7 Å². The van der Waals surface area contributed by atoms with Gasteiger partial charge in [-0.2, -0.15) is 13.2 Å². The number of hydrogen-bond acceptors (Lipinski definition) is 4. The fourth-order valence-electron chi connectivity index (χ4n) is 2.94. The zero-order valence-electron chi connectivity index (χ0n) is 18.2. The summed E-state index contributed by atoms with van der Waals surface area (Å²) in [6.07, 6.45) is -3.52. The van der Waals surface area contributed by atoms with E-state index in [0.29, 0.717) is 25.3 Å². The molecule has 1 aromatic rings. The second-order valence-corrected chi connectivity index (χ2v) is 7.83. The summed E-state index contributed by atoms with van der Waals surface area (Å²) in [5.74, 6) is -0.552. The highest BCUT2D eigenvalue weighted by atomic mass is 19.4. The third kappa shape index (κ3) is 9.54. The van der Waals surface area contributed by atoms with Gasteiger partial charge in [0.15, 0.2) is 6.61 Å². The minimum absolute atomic E-state index is 0.123. The minimum atomic E-state index is -4.50. The van der Waals surface area contributed by atoms with Gasteiger partial charge in [-0.25, -0.2) is 9.18 Å². The van der Waals surface area contributed by atoms with E-state index >= 15 is 0 Å². The molecule has 9 heteroatoms. The van der Waals surface area contributed by atoms with Gasteiger partial charge in [0.25, 0.3) is 0 Å². The standard InChI is InChI=1S/C19H26F4N2O3.C2H6/c1-18(2,3)28-17(26)24-11-13-6-8-25(9-7-13)15-5-4-14(20)10-16(15)27-12-19(21,22)23;1-2/h4-5,10,13H,6-9,11-12H2,1-3H3,(H,24,26);1-2H3. The lowest BCUT2D eigenvalue weighted by atomic mass is 9.96. The van der Waals surface area contributed by atoms with Gasteiger partial charge in [-0.15, -0.1) is 0 Å². The van der Waals surface area contributed by atoms with Crippen molar-refractivity contribution in [3.05, 3.63) is 24.0 Å². The van der Waals surface area contributed by atoms with Crippen molar-refractivity contribution >= 4 is 11.8 Å². The number of nitrogens with zero attached hydrogens (tertiary/aromatic N) is 1. The lowest BCUT2D eigenvalue weighted by Crippen LogP contribution is -2.40. The monoisotopic (exact) mass is 436 g/mol. The Labute approximate surface area is 175 Å². The molecule has 172 valence electrons. The molecule has 1 saturated heterocycles. The number of anilines is 1. The van der Waals surface area contributed by atoms with E-state index < -0.39 is 30.3 Å². The fraction of sp³-hybridized carbons (Fsp3) is 0.667. The van der Waals surface area contributed by atoms with Crippen LogP contribution in [0.5, 0.6) is 5.75 Å². The quantitative estimate of drug-likeness (QED) is 0.617. The van der Waals surface area contributed by atoms with Gasteiger partial charge in [-0.1, -0.05) is 13.8 Å². The van der Waals surface area contributed by atoms with E-state index in [0.717, 1.165) is 18.9 Å². The summed E-state index contributed by atoms with van der Waals surface area (Å²) in [6, 6.07) is 3.60. The first-order valence-electron chi connectivity index (χ1n) is 10.1. The van der Waals surface area contributed by atoms with Crippen molar-refractivity contribution in [1.29, 1.82) is 0 Å². The average molecular weight is 436 g/mol. The molecular weight excluding hydrogens is 404 g/mol. The Morgan fingerprint density at radius 2 is 1.77 bits per heavy atom. The molecule has 0 unspecified atom stereocenters. The highest BCUT2D eigenvalue weighted by molar-refractivity contribution is 5.67. The van der Waals surface area contributed by atoms with Gasteiger partial charge >= 0.3 is 12.3 Å². The molecule has 0 spiro atoms. The van der Waals surface area contributed by atoms with Gasteiger partial charge in [-0.05, 0) is 51.7 Å². The summed E-state index contributed by atoms with van der Waals surface area (Å²) in [5.41, 5.74) is -0.132. The highest BCUT2D eigenvalue weighted by Gasteiger charge is 2.30. The van der Waals surface area contributed by atoms with Crippen LogP contribution in [0.15, 0.2) is 18.2 Å². The summed E-state index contributed by atoms with van der Waals surface area (Å²) >= 11 is 0. The van der Waals surface area contributed by atoms with E-state index in [1.54, 1.807) is 20.8 Å². The Bertz CT molecular complexity index is 667. The molecule has 1 fully saturated rings. The van der Waals surface area contributed by atoms with Crippen molar-refractivity contribution < 1.29 is 31.8 Å². The molecule has 5 nitrogen and oxygen atoms in total. The normalized spacial score (nSPS) is 15.2. The summed E-state index contributed by atoms with van der Waals surface area (Å²) in [6.45, 7) is 9.47. The summed E-state index contributed by atoms with van der Waals surface area (Å²) < 4.78 is 60.8. The van der Waals surface area contributed by atoms with Crippen molar-refractivity contribution in [3.8, 4) is 5.75 Å². The fourth-order valence-corrected chi connectivity index (χ4v) is 2.94. The zero-order valence-corrected chi connectivity index (χ0v) is 18.2. The summed E-state index contributed by atoms with van der Waals surface area (Å²) in [4.78, 5) is 13.6. The maximum absolute atomic E-state index is 13.5. The first-order valence-corrected chi connectivity index (χ1v) is 10.1. The maximum atomic E-state index is 13.5. The number of halogens is 4. The van der Waals surface area contributed by atoms with Crippen molar-refractivity contribution in [2.75, 3.05) is 31.1 Å². The van der Waals surface area contributed by atoms with Crippen molar-refractivity contribution in [1.82, 2.24) is 5.32 Å². The van der Waals surface area contributed by atoms with Crippen molar-refractivity contribution in [3.63, 3.8) is 0 Å². The van der Waals surface area contributed by atoms with E-state index in [1.165, 1.54) is 12.1 Å². The number of rotatable bonds is 5. The largest absolute Gasteiger partial charge is 0.482 e. The molecule has 1 aliphatic heterocycles. The lowest BCUT2D eigenvalue weighted by Gasteiger charge is -2.34. The van der Waals surface area contributed by atoms with Crippen LogP contribution in [0.1, 0.15) is 47.5 Å². The maximum Gasteiger partial charge on any atom is 0.422 e. The van der Waals surface area contributed by atoms with Crippen molar-refractivity contribution in [2.24, 2.45) is 5.92 Å². The molecule has 2 rings (SSSR count). The minimum Gasteiger partial charge on any atom is -0.482 e. The van der Waals surface area contributed by atoms with Gasteiger partial charge in [0, 0.05) is 25.7 Å². The van der Waals surface area contributed by atoms with Gasteiger partial charge in [-0.3, -0.25) is 0 Å². The van der Waals surface area contributed by atoms with Crippen LogP contribution in [0.3, 0.4) is 0 Å². The zero-order chi connectivity index (χ0) is 22.9. The molecule has 0 aromatic heterocycles. The molecule has 1 N–H and O–H groups in total. The Balaban J connectivity index is 0.00000218. The number of alkyl halides is 3. The van der Waals surface area contributed by atoms with Crippen LogP contribution in [0.25, 0.3) is 0 Å². The van der Waals surface area contributed by atoms with Crippen LogP contribution in [0.2, 0.25) is 0 Å². The van der Waals surface area contributed by atoms with Crippen LogP contribution in [0, 0.1) is 11.7 Å². The Morgan fingerprint density at radius 3 is 2.30 bits per heavy atom. The smallest absolute Gasteiger partial charge is 0.422 e. The van der Waals surface area contributed by atoms with Gasteiger partial charge in [0.05, 0.1) is 5.69 Å². The molecule has 1 aliphatic rings. The molecule has 1 heterocycles. The summed E-state index contributed by atoms with van der Waals surface area (Å²) in [7, 11) is 0. The third-order valence-electron chi connectivity index (χ3n) is 4.20. The Kier molecular flexibility index (Phi) is 9.71. The molecule has 0 atom stereocenters. The average Bonchev–Trinajstić information content (AvgIpc) is 2.65. The van der Waals surface area contributed by atoms with Crippen LogP contribution in [0.4, 0.5) is 28.0 Å². The van der Waals surface area contributed by atoms with Crippen LogP contribution in [-0.2, 0) is 4.74 Å².